The molecule has 0 aliphatic carbocycles. The maximum Gasteiger partial charge on any atom is 0.251 e. The molecule has 0 fully saturated rings. The van der Waals surface area contributed by atoms with E-state index < -0.39 is 0 Å². The van der Waals surface area contributed by atoms with Gasteiger partial charge in [-0.25, -0.2) is 0 Å². The first-order chi connectivity index (χ1) is 8.56. The molecule has 2 N–H and O–H groups in total. The molecule has 0 bridgehead atoms. The van der Waals surface area contributed by atoms with Crippen molar-refractivity contribution in [2.75, 3.05) is 5.32 Å². The Morgan fingerprint density at radius 3 is 2.83 bits per heavy atom. The smallest absolute Gasteiger partial charge is 0.251 e. The molecule has 2 rings (SSSR count). The lowest BCUT2D eigenvalue weighted by molar-refractivity contribution is -0.121. The number of anilines is 1. The molecule has 1 aliphatic heterocycles. The van der Waals surface area contributed by atoms with Gasteiger partial charge in [0.2, 0.25) is 5.91 Å². The minimum absolute atomic E-state index is 0.00565. The van der Waals surface area contributed by atoms with Gasteiger partial charge in [0.15, 0.2) is 0 Å². The first kappa shape index (κ1) is 12.3. The summed E-state index contributed by atoms with van der Waals surface area (Å²) >= 11 is 0. The molecule has 0 spiro atoms. The fourth-order valence-corrected chi connectivity index (χ4v) is 1.82. The summed E-state index contributed by atoms with van der Waals surface area (Å²) in [5.41, 5.74) is 2.18. The third-order valence-electron chi connectivity index (χ3n) is 2.78. The van der Waals surface area contributed by atoms with Gasteiger partial charge >= 0.3 is 0 Å². The van der Waals surface area contributed by atoms with E-state index in [0.29, 0.717) is 17.8 Å². The van der Waals surface area contributed by atoms with E-state index in [9.17, 15) is 14.4 Å². The molecule has 5 heteroatoms. The van der Waals surface area contributed by atoms with Crippen molar-refractivity contribution in [3.63, 3.8) is 0 Å². The minimum Gasteiger partial charge on any atom is -0.348 e. The van der Waals surface area contributed by atoms with Crippen molar-refractivity contribution in [2.45, 2.75) is 26.3 Å². The third-order valence-corrected chi connectivity index (χ3v) is 2.78. The van der Waals surface area contributed by atoms with E-state index in [1.54, 1.807) is 18.2 Å². The highest BCUT2D eigenvalue weighted by Gasteiger charge is 2.18. The molecule has 0 atom stereocenters. The molecule has 0 unspecified atom stereocenters. The van der Waals surface area contributed by atoms with Crippen LogP contribution in [0.4, 0.5) is 5.69 Å². The lowest BCUT2D eigenvalue weighted by atomic mass is 10.1. The van der Waals surface area contributed by atoms with Gasteiger partial charge in [0.25, 0.3) is 5.91 Å². The number of hydrogen-bond donors (Lipinski definition) is 2. The second kappa shape index (κ2) is 5.00. The predicted octanol–water partition coefficient (Wildman–Crippen LogP) is 1.24. The van der Waals surface area contributed by atoms with Crippen molar-refractivity contribution in [3.05, 3.63) is 29.3 Å². The maximum atomic E-state index is 11.5. The fourth-order valence-electron chi connectivity index (χ4n) is 1.82. The molecule has 1 aromatic carbocycles. The molecule has 2 amide bonds. The zero-order valence-corrected chi connectivity index (χ0v) is 10.1. The maximum absolute atomic E-state index is 11.5. The molecular weight excluding hydrogens is 232 g/mol. The Bertz CT molecular complexity index is 523. The lowest BCUT2D eigenvalue weighted by Gasteiger charge is -2.05. The number of carbonyl (C=O) groups is 3. The van der Waals surface area contributed by atoms with Gasteiger partial charge in [-0.3, -0.25) is 9.59 Å². The van der Waals surface area contributed by atoms with Crippen molar-refractivity contribution in [2.24, 2.45) is 0 Å². The molecule has 1 heterocycles. The topological polar surface area (TPSA) is 75.3 Å². The molecule has 0 saturated carbocycles. The van der Waals surface area contributed by atoms with E-state index >= 15 is 0 Å². The summed E-state index contributed by atoms with van der Waals surface area (Å²) < 4.78 is 0. The summed E-state index contributed by atoms with van der Waals surface area (Å²) in [5.74, 6) is -0.282. The zero-order chi connectivity index (χ0) is 13.1. The van der Waals surface area contributed by atoms with Crippen LogP contribution in [0.3, 0.4) is 0 Å². The van der Waals surface area contributed by atoms with Crippen LogP contribution in [-0.4, -0.2) is 17.6 Å². The minimum atomic E-state index is -0.192. The first-order valence-electron chi connectivity index (χ1n) is 5.76. The normalized spacial score (nSPS) is 12.8. The number of ketones is 1. The van der Waals surface area contributed by atoms with E-state index in [4.69, 9.17) is 0 Å². The van der Waals surface area contributed by atoms with Crippen LogP contribution in [0.15, 0.2) is 18.2 Å². The number of rotatable bonds is 4. The number of carbonyl (C=O) groups excluding carboxylic acids is 3. The van der Waals surface area contributed by atoms with Crippen LogP contribution < -0.4 is 10.6 Å². The Kier molecular flexibility index (Phi) is 3.41. The molecule has 0 radical (unpaired) electrons. The van der Waals surface area contributed by atoms with Crippen molar-refractivity contribution < 1.29 is 14.4 Å². The molecule has 94 valence electrons. The van der Waals surface area contributed by atoms with Crippen LogP contribution in [-0.2, 0) is 16.1 Å². The second-order valence-electron chi connectivity index (χ2n) is 4.30. The quantitative estimate of drug-likeness (QED) is 0.839. The van der Waals surface area contributed by atoms with Gasteiger partial charge in [-0.1, -0.05) is 0 Å². The van der Waals surface area contributed by atoms with Crippen molar-refractivity contribution in [3.8, 4) is 0 Å². The number of amides is 2. The lowest BCUT2D eigenvalue weighted by Crippen LogP contribution is -2.12. The monoisotopic (exact) mass is 246 g/mol. The van der Waals surface area contributed by atoms with E-state index in [2.05, 4.69) is 10.6 Å². The summed E-state index contributed by atoms with van der Waals surface area (Å²) in [5, 5.41) is 5.42. The Balaban J connectivity index is 2.00. The molecule has 1 aliphatic rings. The van der Waals surface area contributed by atoms with Gasteiger partial charge in [-0.15, -0.1) is 0 Å². The van der Waals surface area contributed by atoms with Gasteiger partial charge in [0, 0.05) is 30.6 Å². The SMILES string of the molecule is CC(=O)CCC(=O)Nc1ccc2c(c1)CNC2=O. The molecule has 1 aromatic rings. The standard InChI is InChI=1S/C13H14N2O3/c1-8(16)2-5-12(17)15-10-3-4-11-9(6-10)7-14-13(11)18/h3-4,6H,2,5,7H2,1H3,(H,14,18)(H,15,17). The third kappa shape index (κ3) is 2.74. The van der Waals surface area contributed by atoms with Gasteiger partial charge in [0.1, 0.15) is 5.78 Å². The van der Waals surface area contributed by atoms with Crippen LogP contribution >= 0.6 is 0 Å². The fraction of sp³-hybridized carbons (Fsp3) is 0.308. The van der Waals surface area contributed by atoms with Crippen LogP contribution in [0.1, 0.15) is 35.7 Å². The number of nitrogens with one attached hydrogen (secondary N) is 2. The van der Waals surface area contributed by atoms with E-state index in [1.165, 1.54) is 6.92 Å². The highest BCUT2D eigenvalue weighted by molar-refractivity contribution is 5.99. The Hall–Kier alpha value is -2.17. The number of Topliss-reactive ketones (excluding diaryl/α,β-unsaturated/α-hetero) is 1. The van der Waals surface area contributed by atoms with E-state index in [1.807, 2.05) is 0 Å². The number of benzene rings is 1. The molecule has 5 nitrogen and oxygen atoms in total. The summed E-state index contributed by atoms with van der Waals surface area (Å²) in [6.45, 7) is 1.95. The molecule has 0 aromatic heterocycles. The van der Waals surface area contributed by atoms with Crippen molar-refractivity contribution in [1.29, 1.82) is 0 Å². The highest BCUT2D eigenvalue weighted by atomic mass is 16.2. The first-order valence-corrected chi connectivity index (χ1v) is 5.76. The Morgan fingerprint density at radius 1 is 1.33 bits per heavy atom. The van der Waals surface area contributed by atoms with Crippen LogP contribution in [0.2, 0.25) is 0 Å². The summed E-state index contributed by atoms with van der Waals surface area (Å²) in [7, 11) is 0. The largest absolute Gasteiger partial charge is 0.348 e. The summed E-state index contributed by atoms with van der Waals surface area (Å²) in [4.78, 5) is 33.6. The van der Waals surface area contributed by atoms with E-state index in [-0.39, 0.29) is 30.4 Å². The van der Waals surface area contributed by atoms with Gasteiger partial charge in [-0.05, 0) is 30.7 Å². The van der Waals surface area contributed by atoms with Gasteiger partial charge in [0.05, 0.1) is 0 Å². The summed E-state index contributed by atoms with van der Waals surface area (Å²) in [6, 6.07) is 5.16. The molecular formula is C13H14N2O3. The van der Waals surface area contributed by atoms with Crippen LogP contribution in [0, 0.1) is 0 Å². The van der Waals surface area contributed by atoms with Gasteiger partial charge in [-0.2, -0.15) is 0 Å². The predicted molar refractivity (Wildman–Crippen MR) is 66.2 cm³/mol. The number of hydrogen-bond acceptors (Lipinski definition) is 3. The van der Waals surface area contributed by atoms with Crippen molar-refractivity contribution in [1.82, 2.24) is 5.32 Å². The molecule has 18 heavy (non-hydrogen) atoms. The van der Waals surface area contributed by atoms with Gasteiger partial charge < -0.3 is 15.4 Å². The van der Waals surface area contributed by atoms with Crippen LogP contribution in [0.5, 0.6) is 0 Å². The average molecular weight is 246 g/mol. The average Bonchev–Trinajstić information content (AvgIpc) is 2.68. The number of fused-ring (bicyclic) bond motifs is 1. The Labute approximate surface area is 105 Å². The highest BCUT2D eigenvalue weighted by Crippen LogP contribution is 2.20. The molecule has 0 saturated heterocycles. The van der Waals surface area contributed by atoms with E-state index in [0.717, 1.165) is 5.56 Å². The van der Waals surface area contributed by atoms with Crippen LogP contribution in [0.25, 0.3) is 0 Å². The Morgan fingerprint density at radius 2 is 2.11 bits per heavy atom. The van der Waals surface area contributed by atoms with Crippen molar-refractivity contribution >= 4 is 23.3 Å². The summed E-state index contributed by atoms with van der Waals surface area (Å²) in [6.07, 6.45) is 0.431. The second-order valence-corrected chi connectivity index (χ2v) is 4.30. The zero-order valence-electron chi connectivity index (χ0n) is 10.1.